The summed E-state index contributed by atoms with van der Waals surface area (Å²) < 4.78 is 1.84. The number of hydrogen-bond donors (Lipinski definition) is 1. The minimum Gasteiger partial charge on any atom is -0.339 e. The van der Waals surface area contributed by atoms with Crippen molar-refractivity contribution in [2.75, 3.05) is 39.3 Å². The maximum Gasteiger partial charge on any atom is 0.254 e. The molecule has 0 aromatic carbocycles. The third-order valence-electron chi connectivity index (χ3n) is 5.61. The van der Waals surface area contributed by atoms with E-state index in [0.29, 0.717) is 26.2 Å². The summed E-state index contributed by atoms with van der Waals surface area (Å²) in [5.41, 5.74) is 0.132. The normalized spacial score (nSPS) is 20.3. The van der Waals surface area contributed by atoms with Crippen molar-refractivity contribution in [3.63, 3.8) is 0 Å². The molecular formula is C19H25N5O2S. The molecule has 1 N–H and O–H groups in total. The van der Waals surface area contributed by atoms with Crippen molar-refractivity contribution >= 4 is 23.2 Å². The van der Waals surface area contributed by atoms with E-state index in [-0.39, 0.29) is 11.8 Å². The maximum absolute atomic E-state index is 13.6. The molecule has 2 saturated heterocycles. The molecule has 8 heteroatoms. The highest BCUT2D eigenvalue weighted by atomic mass is 32.1. The second-order valence-electron chi connectivity index (χ2n) is 7.18. The summed E-state index contributed by atoms with van der Waals surface area (Å²) in [6, 6.07) is 3.74. The molecule has 2 amide bonds. The Morgan fingerprint density at radius 3 is 2.59 bits per heavy atom. The summed E-state index contributed by atoms with van der Waals surface area (Å²) in [5.74, 6) is 0.201. The van der Waals surface area contributed by atoms with Crippen LogP contribution in [0.5, 0.6) is 0 Å². The SMILES string of the molecule is O=C(c1ccsc1)N1CCCN(C(=O)C2(n3cccn3)CCNCC2)CC1. The smallest absolute Gasteiger partial charge is 0.254 e. The molecule has 0 bridgehead atoms. The fourth-order valence-electron chi connectivity index (χ4n) is 4.09. The van der Waals surface area contributed by atoms with E-state index < -0.39 is 5.54 Å². The Hall–Kier alpha value is -2.19. The summed E-state index contributed by atoms with van der Waals surface area (Å²) in [5, 5.41) is 11.6. The van der Waals surface area contributed by atoms with Gasteiger partial charge in [0.1, 0.15) is 5.54 Å². The molecule has 2 aromatic heterocycles. The first-order chi connectivity index (χ1) is 13.2. The van der Waals surface area contributed by atoms with Crippen LogP contribution in [-0.4, -0.2) is 70.7 Å². The zero-order valence-corrected chi connectivity index (χ0v) is 16.2. The summed E-state index contributed by atoms with van der Waals surface area (Å²) in [7, 11) is 0. The second kappa shape index (κ2) is 7.82. The van der Waals surface area contributed by atoms with E-state index >= 15 is 0 Å². The number of carbonyl (C=O) groups excluding carboxylic acids is 2. The quantitative estimate of drug-likeness (QED) is 0.864. The molecule has 144 valence electrons. The first-order valence-corrected chi connectivity index (χ1v) is 10.5. The van der Waals surface area contributed by atoms with E-state index in [0.717, 1.165) is 37.9 Å². The van der Waals surface area contributed by atoms with Gasteiger partial charge in [0.2, 0.25) is 0 Å². The van der Waals surface area contributed by atoms with Crippen LogP contribution in [0.3, 0.4) is 0 Å². The van der Waals surface area contributed by atoms with Crippen LogP contribution in [0.4, 0.5) is 0 Å². The van der Waals surface area contributed by atoms with Gasteiger partial charge in [0.05, 0.1) is 5.56 Å². The number of hydrogen-bond acceptors (Lipinski definition) is 5. The molecule has 0 aliphatic carbocycles. The largest absolute Gasteiger partial charge is 0.339 e. The van der Waals surface area contributed by atoms with Crippen LogP contribution in [0.25, 0.3) is 0 Å². The van der Waals surface area contributed by atoms with E-state index in [9.17, 15) is 9.59 Å². The Balaban J connectivity index is 1.49. The van der Waals surface area contributed by atoms with Gasteiger partial charge in [-0.2, -0.15) is 16.4 Å². The van der Waals surface area contributed by atoms with Gasteiger partial charge in [-0.15, -0.1) is 0 Å². The van der Waals surface area contributed by atoms with Crippen molar-refractivity contribution in [3.05, 3.63) is 40.8 Å². The van der Waals surface area contributed by atoms with E-state index in [1.54, 1.807) is 6.20 Å². The number of piperidine rings is 1. The predicted molar refractivity (Wildman–Crippen MR) is 104 cm³/mol. The molecule has 2 fully saturated rings. The van der Waals surface area contributed by atoms with Gasteiger partial charge < -0.3 is 15.1 Å². The molecule has 4 heterocycles. The highest BCUT2D eigenvalue weighted by Gasteiger charge is 2.44. The Labute approximate surface area is 162 Å². The van der Waals surface area contributed by atoms with Gasteiger partial charge in [0, 0.05) is 44.0 Å². The van der Waals surface area contributed by atoms with Crippen molar-refractivity contribution in [2.45, 2.75) is 24.8 Å². The lowest BCUT2D eigenvalue weighted by Gasteiger charge is -2.40. The summed E-state index contributed by atoms with van der Waals surface area (Å²) >= 11 is 1.53. The summed E-state index contributed by atoms with van der Waals surface area (Å²) in [4.78, 5) is 30.0. The van der Waals surface area contributed by atoms with Crippen LogP contribution in [0.2, 0.25) is 0 Å². The van der Waals surface area contributed by atoms with Gasteiger partial charge >= 0.3 is 0 Å². The minimum atomic E-state index is -0.610. The van der Waals surface area contributed by atoms with Crippen molar-refractivity contribution in [2.24, 2.45) is 0 Å². The van der Waals surface area contributed by atoms with Crippen molar-refractivity contribution in [1.82, 2.24) is 24.9 Å². The molecule has 2 aliphatic heterocycles. The van der Waals surface area contributed by atoms with Crippen molar-refractivity contribution in [1.29, 1.82) is 0 Å². The summed E-state index contributed by atoms with van der Waals surface area (Å²) in [6.07, 6.45) is 5.91. The number of amides is 2. The van der Waals surface area contributed by atoms with Crippen LogP contribution >= 0.6 is 11.3 Å². The number of rotatable bonds is 3. The third-order valence-corrected chi connectivity index (χ3v) is 6.29. The number of nitrogens with zero attached hydrogens (tertiary/aromatic N) is 4. The molecule has 0 atom stereocenters. The molecule has 0 unspecified atom stereocenters. The Morgan fingerprint density at radius 1 is 1.11 bits per heavy atom. The summed E-state index contributed by atoms with van der Waals surface area (Å²) in [6.45, 7) is 4.14. The van der Waals surface area contributed by atoms with Gasteiger partial charge in [0.15, 0.2) is 0 Å². The number of carbonyl (C=O) groups is 2. The van der Waals surface area contributed by atoms with Crippen LogP contribution < -0.4 is 5.32 Å². The van der Waals surface area contributed by atoms with Crippen LogP contribution in [-0.2, 0) is 10.3 Å². The van der Waals surface area contributed by atoms with Crippen LogP contribution in [0, 0.1) is 0 Å². The van der Waals surface area contributed by atoms with Crippen molar-refractivity contribution < 1.29 is 9.59 Å². The second-order valence-corrected chi connectivity index (χ2v) is 7.96. The Bertz CT molecular complexity index is 768. The molecule has 4 rings (SSSR count). The van der Waals surface area contributed by atoms with Crippen LogP contribution in [0.15, 0.2) is 35.3 Å². The molecule has 0 spiro atoms. The first kappa shape index (κ1) is 18.2. The fourth-order valence-corrected chi connectivity index (χ4v) is 4.72. The first-order valence-electron chi connectivity index (χ1n) is 9.52. The monoisotopic (exact) mass is 387 g/mol. The molecule has 7 nitrogen and oxygen atoms in total. The van der Waals surface area contributed by atoms with Gasteiger partial charge in [-0.05, 0) is 49.9 Å². The Kier molecular flexibility index (Phi) is 5.27. The molecular weight excluding hydrogens is 362 g/mol. The molecule has 2 aromatic rings. The van der Waals surface area contributed by atoms with E-state index in [1.807, 2.05) is 43.6 Å². The molecule has 0 saturated carbocycles. The zero-order chi connectivity index (χ0) is 18.7. The maximum atomic E-state index is 13.6. The van der Waals surface area contributed by atoms with Crippen molar-refractivity contribution in [3.8, 4) is 0 Å². The third kappa shape index (κ3) is 3.51. The minimum absolute atomic E-state index is 0.0641. The van der Waals surface area contributed by atoms with Gasteiger partial charge in [0.25, 0.3) is 11.8 Å². The lowest BCUT2D eigenvalue weighted by atomic mass is 9.86. The van der Waals surface area contributed by atoms with Crippen LogP contribution in [0.1, 0.15) is 29.6 Å². The highest BCUT2D eigenvalue weighted by molar-refractivity contribution is 7.08. The lowest BCUT2D eigenvalue weighted by Crippen LogP contribution is -2.56. The average Bonchev–Trinajstić information content (AvgIpc) is 3.38. The highest BCUT2D eigenvalue weighted by Crippen LogP contribution is 2.30. The van der Waals surface area contributed by atoms with Gasteiger partial charge in [-0.3, -0.25) is 14.3 Å². The number of thiophene rings is 1. The van der Waals surface area contributed by atoms with Gasteiger partial charge in [-0.1, -0.05) is 0 Å². The molecule has 2 aliphatic rings. The van der Waals surface area contributed by atoms with E-state index in [4.69, 9.17) is 0 Å². The number of aromatic nitrogens is 2. The number of nitrogens with one attached hydrogen (secondary N) is 1. The fraction of sp³-hybridized carbons (Fsp3) is 0.526. The standard InChI is InChI=1S/C19H25N5O2S/c25-17(16-3-14-27-15-16)22-9-2-10-23(13-12-22)18(26)19(4-7-20-8-5-19)24-11-1-6-21-24/h1,3,6,11,14-15,20H,2,4-5,7-10,12-13H2. The van der Waals surface area contributed by atoms with E-state index in [2.05, 4.69) is 10.4 Å². The van der Waals surface area contributed by atoms with Gasteiger partial charge in [-0.25, -0.2) is 0 Å². The Morgan fingerprint density at radius 2 is 1.89 bits per heavy atom. The molecule has 0 radical (unpaired) electrons. The topological polar surface area (TPSA) is 70.5 Å². The molecule has 27 heavy (non-hydrogen) atoms. The zero-order valence-electron chi connectivity index (χ0n) is 15.3. The van der Waals surface area contributed by atoms with E-state index in [1.165, 1.54) is 11.3 Å². The average molecular weight is 388 g/mol. The lowest BCUT2D eigenvalue weighted by molar-refractivity contribution is -0.143. The predicted octanol–water partition coefficient (Wildman–Crippen LogP) is 1.40.